The van der Waals surface area contributed by atoms with Crippen LogP contribution in [0.5, 0.6) is 0 Å². The summed E-state index contributed by atoms with van der Waals surface area (Å²) in [7, 11) is 0. The summed E-state index contributed by atoms with van der Waals surface area (Å²) in [5.74, 6) is 0. The zero-order chi connectivity index (χ0) is 8.84. The molecule has 0 saturated heterocycles. The SMILES string of the molecule is Brc1cc2ccc3sccc3c2s1. The van der Waals surface area contributed by atoms with Gasteiger partial charge in [-0.05, 0) is 44.9 Å². The molecule has 3 rings (SSSR count). The summed E-state index contributed by atoms with van der Waals surface area (Å²) in [6.07, 6.45) is 0. The number of rotatable bonds is 0. The summed E-state index contributed by atoms with van der Waals surface area (Å²) in [5.41, 5.74) is 0. The van der Waals surface area contributed by atoms with Crippen LogP contribution in [0.1, 0.15) is 0 Å². The quantitative estimate of drug-likeness (QED) is 0.545. The van der Waals surface area contributed by atoms with Crippen LogP contribution in [-0.4, -0.2) is 0 Å². The minimum absolute atomic E-state index is 1.21. The summed E-state index contributed by atoms with van der Waals surface area (Å²) < 4.78 is 3.98. The van der Waals surface area contributed by atoms with Crippen molar-refractivity contribution in [1.29, 1.82) is 0 Å². The van der Waals surface area contributed by atoms with E-state index in [1.54, 1.807) is 11.3 Å². The number of hydrogen-bond acceptors (Lipinski definition) is 2. The molecule has 0 spiro atoms. The molecule has 3 aromatic rings. The molecule has 0 aliphatic heterocycles. The Balaban J connectivity index is 2.64. The van der Waals surface area contributed by atoms with E-state index in [-0.39, 0.29) is 0 Å². The highest BCUT2D eigenvalue weighted by Crippen LogP contribution is 2.36. The summed E-state index contributed by atoms with van der Waals surface area (Å²) in [6, 6.07) is 8.76. The van der Waals surface area contributed by atoms with Gasteiger partial charge in [0.25, 0.3) is 0 Å². The first-order valence-electron chi connectivity index (χ1n) is 3.90. The predicted octanol–water partition coefficient (Wildman–Crippen LogP) is 4.88. The van der Waals surface area contributed by atoms with Crippen LogP contribution in [0.15, 0.2) is 33.4 Å². The molecule has 0 radical (unpaired) electrons. The van der Waals surface area contributed by atoms with E-state index in [9.17, 15) is 0 Å². The van der Waals surface area contributed by atoms with Crippen molar-refractivity contribution in [3.8, 4) is 0 Å². The minimum atomic E-state index is 1.21. The predicted molar refractivity (Wildman–Crippen MR) is 64.9 cm³/mol. The molecule has 2 heterocycles. The number of hydrogen-bond donors (Lipinski definition) is 0. The van der Waals surface area contributed by atoms with Gasteiger partial charge in [-0.15, -0.1) is 22.7 Å². The second-order valence-corrected chi connectivity index (χ2v) is 6.25. The van der Waals surface area contributed by atoms with Crippen LogP contribution in [0.2, 0.25) is 0 Å². The highest BCUT2D eigenvalue weighted by molar-refractivity contribution is 9.11. The number of halogens is 1. The van der Waals surface area contributed by atoms with Crippen LogP contribution in [0.25, 0.3) is 20.2 Å². The molecule has 3 heteroatoms. The van der Waals surface area contributed by atoms with Crippen molar-refractivity contribution >= 4 is 58.8 Å². The Morgan fingerprint density at radius 2 is 2.08 bits per heavy atom. The molecule has 0 fully saturated rings. The van der Waals surface area contributed by atoms with Gasteiger partial charge in [0.2, 0.25) is 0 Å². The maximum atomic E-state index is 3.52. The molecule has 13 heavy (non-hydrogen) atoms. The van der Waals surface area contributed by atoms with Crippen molar-refractivity contribution in [2.24, 2.45) is 0 Å². The Morgan fingerprint density at radius 1 is 1.15 bits per heavy atom. The molecule has 0 bridgehead atoms. The molecule has 0 unspecified atom stereocenters. The zero-order valence-corrected chi connectivity index (χ0v) is 9.80. The third-order valence-corrected chi connectivity index (χ3v) is 4.65. The lowest BCUT2D eigenvalue weighted by Crippen LogP contribution is -1.62. The molecule has 2 aromatic heterocycles. The first-order valence-corrected chi connectivity index (χ1v) is 6.39. The largest absolute Gasteiger partial charge is 0.144 e. The van der Waals surface area contributed by atoms with Crippen LogP contribution in [0.3, 0.4) is 0 Å². The van der Waals surface area contributed by atoms with E-state index in [1.165, 1.54) is 24.0 Å². The molecule has 1 aromatic carbocycles. The van der Waals surface area contributed by atoms with Crippen molar-refractivity contribution < 1.29 is 0 Å². The third-order valence-electron chi connectivity index (χ3n) is 2.08. The maximum absolute atomic E-state index is 3.52. The highest BCUT2D eigenvalue weighted by atomic mass is 79.9. The second kappa shape index (κ2) is 2.80. The normalized spacial score (nSPS) is 11.5. The maximum Gasteiger partial charge on any atom is 0.0711 e. The van der Waals surface area contributed by atoms with Crippen LogP contribution in [0.4, 0.5) is 0 Å². The summed E-state index contributed by atoms with van der Waals surface area (Å²) in [6.45, 7) is 0. The van der Waals surface area contributed by atoms with Crippen molar-refractivity contribution in [3.05, 3.63) is 33.4 Å². The number of benzene rings is 1. The number of fused-ring (bicyclic) bond motifs is 3. The van der Waals surface area contributed by atoms with Crippen molar-refractivity contribution in [2.75, 3.05) is 0 Å². The lowest BCUT2D eigenvalue weighted by atomic mass is 10.2. The Morgan fingerprint density at radius 3 is 3.00 bits per heavy atom. The van der Waals surface area contributed by atoms with Gasteiger partial charge in [0.15, 0.2) is 0 Å². The van der Waals surface area contributed by atoms with Gasteiger partial charge in [-0.25, -0.2) is 0 Å². The van der Waals surface area contributed by atoms with E-state index in [0.717, 1.165) is 0 Å². The van der Waals surface area contributed by atoms with Crippen molar-refractivity contribution in [3.63, 3.8) is 0 Å². The summed E-state index contributed by atoms with van der Waals surface area (Å²) in [5, 5.41) is 4.87. The zero-order valence-electron chi connectivity index (χ0n) is 6.58. The Hall–Kier alpha value is -0.380. The van der Waals surface area contributed by atoms with Gasteiger partial charge >= 0.3 is 0 Å². The molecular formula is C10H5BrS2. The van der Waals surface area contributed by atoms with E-state index < -0.39 is 0 Å². The van der Waals surface area contributed by atoms with E-state index in [0.29, 0.717) is 0 Å². The summed E-state index contributed by atoms with van der Waals surface area (Å²) >= 11 is 7.13. The number of thiophene rings is 2. The van der Waals surface area contributed by atoms with Gasteiger partial charge in [-0.2, -0.15) is 0 Å². The van der Waals surface area contributed by atoms with Gasteiger partial charge in [0, 0.05) is 14.8 Å². The third kappa shape index (κ3) is 1.15. The Bertz CT molecular complexity index is 577. The molecule has 0 aliphatic carbocycles. The van der Waals surface area contributed by atoms with E-state index in [4.69, 9.17) is 0 Å². The first kappa shape index (κ1) is 7.97. The Kier molecular flexibility index (Phi) is 1.72. The van der Waals surface area contributed by atoms with Gasteiger partial charge in [0.05, 0.1) is 3.79 Å². The molecule has 0 N–H and O–H groups in total. The van der Waals surface area contributed by atoms with E-state index in [1.807, 2.05) is 11.3 Å². The molecule has 0 nitrogen and oxygen atoms in total. The van der Waals surface area contributed by atoms with Crippen LogP contribution < -0.4 is 0 Å². The molecule has 0 aliphatic rings. The highest BCUT2D eigenvalue weighted by Gasteiger charge is 2.04. The molecule has 64 valence electrons. The Labute approximate surface area is 91.9 Å². The van der Waals surface area contributed by atoms with Crippen LogP contribution in [0, 0.1) is 0 Å². The fraction of sp³-hybridized carbons (Fsp3) is 0. The van der Waals surface area contributed by atoms with Crippen LogP contribution in [-0.2, 0) is 0 Å². The topological polar surface area (TPSA) is 0 Å². The molecule has 0 amide bonds. The lowest BCUT2D eigenvalue weighted by molar-refractivity contribution is 1.98. The van der Waals surface area contributed by atoms with E-state index >= 15 is 0 Å². The fourth-order valence-corrected chi connectivity index (χ4v) is 4.02. The molecule has 0 saturated carbocycles. The van der Waals surface area contributed by atoms with Gasteiger partial charge in [0.1, 0.15) is 0 Å². The standard InChI is InChI=1S/C10H5BrS2/c11-9-5-6-1-2-8-7(3-4-12-8)10(6)13-9/h1-5H. The lowest BCUT2D eigenvalue weighted by Gasteiger charge is -1.90. The first-order chi connectivity index (χ1) is 6.34. The van der Waals surface area contributed by atoms with Gasteiger partial charge in [-0.3, -0.25) is 0 Å². The second-order valence-electron chi connectivity index (χ2n) is 2.87. The van der Waals surface area contributed by atoms with Gasteiger partial charge in [-0.1, -0.05) is 6.07 Å². The van der Waals surface area contributed by atoms with Gasteiger partial charge < -0.3 is 0 Å². The van der Waals surface area contributed by atoms with Crippen molar-refractivity contribution in [1.82, 2.24) is 0 Å². The van der Waals surface area contributed by atoms with Crippen molar-refractivity contribution in [2.45, 2.75) is 0 Å². The molecular weight excluding hydrogens is 264 g/mol. The smallest absolute Gasteiger partial charge is 0.0711 e. The average Bonchev–Trinajstić information content (AvgIpc) is 2.65. The minimum Gasteiger partial charge on any atom is -0.144 e. The van der Waals surface area contributed by atoms with E-state index in [2.05, 4.69) is 45.6 Å². The molecule has 0 atom stereocenters. The average molecular weight is 269 g/mol. The van der Waals surface area contributed by atoms with Crippen LogP contribution >= 0.6 is 38.6 Å². The summed E-state index contributed by atoms with van der Waals surface area (Å²) in [4.78, 5) is 0. The fourth-order valence-electron chi connectivity index (χ4n) is 1.51. The monoisotopic (exact) mass is 268 g/mol.